The molecule has 0 saturated heterocycles. The zero-order valence-electron chi connectivity index (χ0n) is 10.9. The normalized spacial score (nSPS) is 10.3. The molecule has 2 aromatic carbocycles. The molecule has 98 valence electrons. The highest BCUT2D eigenvalue weighted by Crippen LogP contribution is 2.32. The number of rotatable bonds is 4. The Balaban J connectivity index is 2.35. The van der Waals surface area contributed by atoms with E-state index in [2.05, 4.69) is 0 Å². The molecule has 19 heavy (non-hydrogen) atoms. The van der Waals surface area contributed by atoms with Crippen LogP contribution in [0.4, 0.5) is 0 Å². The summed E-state index contributed by atoms with van der Waals surface area (Å²) in [5.41, 5.74) is 1.65. The molecule has 0 aliphatic rings. The van der Waals surface area contributed by atoms with E-state index in [4.69, 9.17) is 16.3 Å². The van der Waals surface area contributed by atoms with E-state index in [0.29, 0.717) is 28.5 Å². The number of halogens is 1. The molecule has 0 bridgehead atoms. The lowest BCUT2D eigenvalue weighted by Gasteiger charge is -2.11. The summed E-state index contributed by atoms with van der Waals surface area (Å²) in [4.78, 5) is 11.9. The molecule has 0 N–H and O–H groups in total. The first-order valence-electron chi connectivity index (χ1n) is 6.18. The van der Waals surface area contributed by atoms with Crippen molar-refractivity contribution in [2.24, 2.45) is 0 Å². The Bertz CT molecular complexity index is 605. The molecule has 0 heterocycles. The summed E-state index contributed by atoms with van der Waals surface area (Å²) in [7, 11) is 0. The molecule has 0 atom stereocenters. The van der Waals surface area contributed by atoms with Crippen molar-refractivity contribution < 1.29 is 9.53 Å². The van der Waals surface area contributed by atoms with Crippen LogP contribution < -0.4 is 4.74 Å². The summed E-state index contributed by atoms with van der Waals surface area (Å²) in [6.45, 7) is 3.79. The first-order valence-corrected chi connectivity index (χ1v) is 6.56. The van der Waals surface area contributed by atoms with Crippen molar-refractivity contribution in [2.75, 3.05) is 0 Å². The fraction of sp³-hybridized carbons (Fsp3) is 0.188. The van der Waals surface area contributed by atoms with Gasteiger partial charge in [-0.3, -0.25) is 4.79 Å². The number of benzene rings is 2. The van der Waals surface area contributed by atoms with Gasteiger partial charge in [0.1, 0.15) is 11.5 Å². The fourth-order valence-electron chi connectivity index (χ4n) is 1.78. The smallest absolute Gasteiger partial charge is 0.166 e. The van der Waals surface area contributed by atoms with Gasteiger partial charge in [0.25, 0.3) is 0 Å². The molecule has 0 amide bonds. The van der Waals surface area contributed by atoms with Crippen LogP contribution in [0.1, 0.15) is 29.3 Å². The van der Waals surface area contributed by atoms with E-state index in [1.807, 2.05) is 44.2 Å². The number of ketones is 1. The number of carbonyl (C=O) groups is 1. The Kier molecular flexibility index (Phi) is 4.23. The quantitative estimate of drug-likeness (QED) is 0.731. The summed E-state index contributed by atoms with van der Waals surface area (Å²) in [6, 6.07) is 12.8. The van der Waals surface area contributed by atoms with Crippen molar-refractivity contribution in [1.29, 1.82) is 0 Å². The molecular weight excluding hydrogens is 260 g/mol. The predicted molar refractivity (Wildman–Crippen MR) is 77.3 cm³/mol. The van der Waals surface area contributed by atoms with E-state index in [1.165, 1.54) is 0 Å². The van der Waals surface area contributed by atoms with Crippen molar-refractivity contribution in [2.45, 2.75) is 20.3 Å². The Hall–Kier alpha value is -1.80. The molecule has 0 aliphatic carbocycles. The predicted octanol–water partition coefficient (Wildman–Crippen LogP) is 5.03. The van der Waals surface area contributed by atoms with Gasteiger partial charge < -0.3 is 4.74 Å². The monoisotopic (exact) mass is 274 g/mol. The highest BCUT2D eigenvalue weighted by atomic mass is 35.5. The molecule has 0 aromatic heterocycles. The lowest BCUT2D eigenvalue weighted by molar-refractivity contribution is 0.0986. The topological polar surface area (TPSA) is 26.3 Å². The zero-order chi connectivity index (χ0) is 13.8. The maximum Gasteiger partial charge on any atom is 0.166 e. The van der Waals surface area contributed by atoms with E-state index in [0.717, 1.165) is 5.56 Å². The maximum absolute atomic E-state index is 11.9. The highest BCUT2D eigenvalue weighted by molar-refractivity contribution is 6.32. The Morgan fingerprint density at radius 3 is 2.58 bits per heavy atom. The second-order valence-corrected chi connectivity index (χ2v) is 4.72. The molecule has 2 rings (SSSR count). The van der Waals surface area contributed by atoms with Gasteiger partial charge in [-0.2, -0.15) is 0 Å². The van der Waals surface area contributed by atoms with E-state index in [9.17, 15) is 4.79 Å². The third-order valence-corrected chi connectivity index (χ3v) is 3.11. The van der Waals surface area contributed by atoms with Crippen molar-refractivity contribution in [3.05, 3.63) is 58.6 Å². The third kappa shape index (κ3) is 3.15. The summed E-state index contributed by atoms with van der Waals surface area (Å²) in [5.74, 6) is 1.16. The molecule has 0 radical (unpaired) electrons. The van der Waals surface area contributed by atoms with Gasteiger partial charge in [0, 0.05) is 6.42 Å². The lowest BCUT2D eigenvalue weighted by atomic mass is 10.1. The molecule has 3 heteroatoms. The van der Waals surface area contributed by atoms with E-state index >= 15 is 0 Å². The fourth-order valence-corrected chi connectivity index (χ4v) is 2.06. The minimum Gasteiger partial charge on any atom is -0.455 e. The van der Waals surface area contributed by atoms with Gasteiger partial charge in [-0.15, -0.1) is 0 Å². The summed E-state index contributed by atoms with van der Waals surface area (Å²) in [5, 5.41) is 0.541. The molecule has 2 aromatic rings. The van der Waals surface area contributed by atoms with Crippen LogP contribution in [0.3, 0.4) is 0 Å². The molecule has 0 aliphatic heterocycles. The van der Waals surface area contributed by atoms with E-state index < -0.39 is 0 Å². The number of Topliss-reactive ketones (excluding diaryl/α,β-unsaturated/α-hetero) is 1. The van der Waals surface area contributed by atoms with Crippen LogP contribution in [0.5, 0.6) is 11.5 Å². The molecular formula is C16H15ClO2. The van der Waals surface area contributed by atoms with Crippen molar-refractivity contribution >= 4 is 17.4 Å². The van der Waals surface area contributed by atoms with Crippen LogP contribution in [0.2, 0.25) is 5.02 Å². The number of aryl methyl sites for hydroxylation is 1. The SMILES string of the molecule is CCC(=O)c1ccccc1Oc1ccc(C)cc1Cl. The molecule has 0 spiro atoms. The standard InChI is InChI=1S/C16H15ClO2/c1-3-14(18)12-6-4-5-7-15(12)19-16-9-8-11(2)10-13(16)17/h4-10H,3H2,1-2H3. The lowest BCUT2D eigenvalue weighted by Crippen LogP contribution is -2.00. The molecule has 2 nitrogen and oxygen atoms in total. The Labute approximate surface area is 118 Å². The summed E-state index contributed by atoms with van der Waals surface area (Å²) in [6.07, 6.45) is 0.446. The number of para-hydroxylation sites is 1. The minimum absolute atomic E-state index is 0.0545. The van der Waals surface area contributed by atoms with Gasteiger partial charge >= 0.3 is 0 Å². The van der Waals surface area contributed by atoms with Gasteiger partial charge in [0.05, 0.1) is 10.6 Å². The summed E-state index contributed by atoms with van der Waals surface area (Å²) < 4.78 is 5.77. The average Bonchev–Trinajstić information content (AvgIpc) is 2.41. The molecule has 0 saturated carbocycles. The summed E-state index contributed by atoms with van der Waals surface area (Å²) >= 11 is 6.14. The van der Waals surface area contributed by atoms with Crippen LogP contribution in [0, 0.1) is 6.92 Å². The number of hydrogen-bond donors (Lipinski definition) is 0. The van der Waals surface area contributed by atoms with Gasteiger partial charge in [-0.25, -0.2) is 0 Å². The van der Waals surface area contributed by atoms with Crippen LogP contribution >= 0.6 is 11.6 Å². The van der Waals surface area contributed by atoms with Crippen LogP contribution in [0.25, 0.3) is 0 Å². The number of ether oxygens (including phenoxy) is 1. The van der Waals surface area contributed by atoms with Gasteiger partial charge in [-0.1, -0.05) is 36.7 Å². The first kappa shape index (κ1) is 13.6. The van der Waals surface area contributed by atoms with Crippen LogP contribution in [-0.2, 0) is 0 Å². The minimum atomic E-state index is 0.0545. The van der Waals surface area contributed by atoms with Gasteiger partial charge in [0.2, 0.25) is 0 Å². The Morgan fingerprint density at radius 2 is 1.89 bits per heavy atom. The Morgan fingerprint density at radius 1 is 1.16 bits per heavy atom. The second-order valence-electron chi connectivity index (χ2n) is 4.31. The van der Waals surface area contributed by atoms with Crippen LogP contribution in [0.15, 0.2) is 42.5 Å². The second kappa shape index (κ2) is 5.89. The van der Waals surface area contributed by atoms with Crippen molar-refractivity contribution in [3.63, 3.8) is 0 Å². The maximum atomic E-state index is 11.9. The third-order valence-electron chi connectivity index (χ3n) is 2.82. The van der Waals surface area contributed by atoms with Crippen molar-refractivity contribution in [3.8, 4) is 11.5 Å². The van der Waals surface area contributed by atoms with E-state index in [1.54, 1.807) is 12.1 Å². The van der Waals surface area contributed by atoms with E-state index in [-0.39, 0.29) is 5.78 Å². The van der Waals surface area contributed by atoms with Crippen LogP contribution in [-0.4, -0.2) is 5.78 Å². The van der Waals surface area contributed by atoms with Gasteiger partial charge in [0.15, 0.2) is 5.78 Å². The largest absolute Gasteiger partial charge is 0.455 e. The molecule has 0 fully saturated rings. The van der Waals surface area contributed by atoms with Crippen molar-refractivity contribution in [1.82, 2.24) is 0 Å². The average molecular weight is 275 g/mol. The zero-order valence-corrected chi connectivity index (χ0v) is 11.7. The number of hydrogen-bond acceptors (Lipinski definition) is 2. The first-order chi connectivity index (χ1) is 9.11. The number of carbonyl (C=O) groups excluding carboxylic acids is 1. The molecule has 0 unspecified atom stereocenters. The highest BCUT2D eigenvalue weighted by Gasteiger charge is 2.12. The van der Waals surface area contributed by atoms with Gasteiger partial charge in [-0.05, 0) is 36.8 Å².